The average molecular weight is 409 g/mol. The number of aromatic nitrogens is 2. The van der Waals surface area contributed by atoms with Crippen LogP contribution in [0.2, 0.25) is 0 Å². The Labute approximate surface area is 140 Å². The molecule has 0 aromatic carbocycles. The van der Waals surface area contributed by atoms with Crippen LogP contribution in [0.1, 0.15) is 45.1 Å². The molecule has 0 radical (unpaired) electrons. The Morgan fingerprint density at radius 1 is 1.35 bits per heavy atom. The topological polar surface area (TPSA) is 47.0 Å². The Balaban J connectivity index is 2.89. The molecule has 1 N–H and O–H groups in total. The van der Waals surface area contributed by atoms with Crippen molar-refractivity contribution in [2.24, 2.45) is 0 Å². The molecule has 0 saturated heterocycles. The number of ether oxygens (including phenoxy) is 1. The molecule has 1 aromatic heterocycles. The summed E-state index contributed by atoms with van der Waals surface area (Å²) in [5, 5.41) is 4.02. The number of hydrogen-bond donors (Lipinski definition) is 1. The molecule has 0 spiro atoms. The first-order chi connectivity index (χ1) is 9.62. The van der Waals surface area contributed by atoms with Crippen LogP contribution in [-0.4, -0.2) is 28.9 Å². The minimum Gasteiger partial charge on any atom is -0.378 e. The standard InChI is InChI=1S/C14H24IN3OS/c1-5-7-16-14-13(15)11(8-19-4)17-12(18-14)9-20-10(3)6-2/h10H,5-9H2,1-4H3,(H,16,17,18). The lowest BCUT2D eigenvalue weighted by Gasteiger charge is -2.13. The number of methoxy groups -OCH3 is 1. The first-order valence-corrected chi connectivity index (χ1v) is 9.14. The van der Waals surface area contributed by atoms with Crippen LogP contribution >= 0.6 is 34.4 Å². The zero-order chi connectivity index (χ0) is 15.0. The Morgan fingerprint density at radius 3 is 2.70 bits per heavy atom. The van der Waals surface area contributed by atoms with Crippen molar-refractivity contribution in [2.45, 2.75) is 51.2 Å². The summed E-state index contributed by atoms with van der Waals surface area (Å²) in [6, 6.07) is 0. The molecule has 0 amide bonds. The Kier molecular flexibility index (Phi) is 8.79. The molecular weight excluding hydrogens is 385 g/mol. The van der Waals surface area contributed by atoms with E-state index in [1.54, 1.807) is 7.11 Å². The number of thioether (sulfide) groups is 1. The van der Waals surface area contributed by atoms with E-state index in [-0.39, 0.29) is 0 Å². The van der Waals surface area contributed by atoms with Crippen LogP contribution in [-0.2, 0) is 17.1 Å². The number of nitrogens with zero attached hydrogens (tertiary/aromatic N) is 2. The highest BCUT2D eigenvalue weighted by molar-refractivity contribution is 14.1. The van der Waals surface area contributed by atoms with E-state index in [9.17, 15) is 0 Å². The third-order valence-electron chi connectivity index (χ3n) is 2.86. The summed E-state index contributed by atoms with van der Waals surface area (Å²) in [7, 11) is 1.70. The van der Waals surface area contributed by atoms with Crippen molar-refractivity contribution in [1.82, 2.24) is 9.97 Å². The summed E-state index contributed by atoms with van der Waals surface area (Å²) < 4.78 is 6.31. The van der Waals surface area contributed by atoms with Crippen molar-refractivity contribution >= 4 is 40.2 Å². The van der Waals surface area contributed by atoms with Crippen LogP contribution in [0.5, 0.6) is 0 Å². The van der Waals surface area contributed by atoms with Gasteiger partial charge in [0.05, 0.1) is 21.6 Å². The molecule has 1 rings (SSSR count). The molecule has 0 aliphatic carbocycles. The number of anilines is 1. The van der Waals surface area contributed by atoms with Crippen molar-refractivity contribution < 1.29 is 4.74 Å². The Hall–Kier alpha value is -0.0800. The van der Waals surface area contributed by atoms with Gasteiger partial charge in [-0.15, -0.1) is 0 Å². The Bertz CT molecular complexity index is 418. The molecule has 0 bridgehead atoms. The van der Waals surface area contributed by atoms with Crippen LogP contribution in [0.15, 0.2) is 0 Å². The fourth-order valence-corrected chi connectivity index (χ4v) is 2.92. The molecule has 114 valence electrons. The molecule has 1 heterocycles. The number of halogens is 1. The van der Waals surface area contributed by atoms with E-state index in [4.69, 9.17) is 4.74 Å². The van der Waals surface area contributed by atoms with Gasteiger partial charge in [-0.1, -0.05) is 20.8 Å². The summed E-state index contributed by atoms with van der Waals surface area (Å²) in [6.45, 7) is 8.05. The summed E-state index contributed by atoms with van der Waals surface area (Å²) >= 11 is 4.19. The van der Waals surface area contributed by atoms with Gasteiger partial charge in [0.25, 0.3) is 0 Å². The minimum absolute atomic E-state index is 0.530. The highest BCUT2D eigenvalue weighted by Crippen LogP contribution is 2.23. The molecular formula is C14H24IN3OS. The van der Waals surface area contributed by atoms with Crippen LogP contribution in [0, 0.1) is 3.57 Å². The van der Waals surface area contributed by atoms with Gasteiger partial charge in [-0.2, -0.15) is 11.8 Å². The maximum atomic E-state index is 5.24. The van der Waals surface area contributed by atoms with Crippen LogP contribution in [0.4, 0.5) is 5.82 Å². The van der Waals surface area contributed by atoms with Gasteiger partial charge in [-0.25, -0.2) is 9.97 Å². The average Bonchev–Trinajstić information content (AvgIpc) is 2.46. The second kappa shape index (κ2) is 9.78. The summed E-state index contributed by atoms with van der Waals surface area (Å²) in [5.41, 5.74) is 0.974. The first-order valence-electron chi connectivity index (χ1n) is 7.02. The molecule has 4 nitrogen and oxygen atoms in total. The van der Waals surface area contributed by atoms with Gasteiger partial charge in [0.15, 0.2) is 0 Å². The van der Waals surface area contributed by atoms with Gasteiger partial charge in [0.2, 0.25) is 0 Å². The van der Waals surface area contributed by atoms with E-state index in [1.807, 2.05) is 11.8 Å². The third kappa shape index (κ3) is 5.73. The van der Waals surface area contributed by atoms with E-state index < -0.39 is 0 Å². The lowest BCUT2D eigenvalue weighted by atomic mass is 10.3. The van der Waals surface area contributed by atoms with Crippen molar-refractivity contribution in [3.8, 4) is 0 Å². The van der Waals surface area contributed by atoms with Crippen LogP contribution < -0.4 is 5.32 Å². The molecule has 20 heavy (non-hydrogen) atoms. The fourth-order valence-electron chi connectivity index (χ4n) is 1.54. The molecule has 1 atom stereocenters. The summed E-state index contributed by atoms with van der Waals surface area (Å²) in [4.78, 5) is 9.29. The van der Waals surface area contributed by atoms with Crippen molar-refractivity contribution in [3.63, 3.8) is 0 Å². The zero-order valence-corrected chi connectivity index (χ0v) is 15.7. The first kappa shape index (κ1) is 18.0. The third-order valence-corrected chi connectivity index (χ3v) is 5.32. The SMILES string of the molecule is CCCNc1nc(CSC(C)CC)nc(COC)c1I. The zero-order valence-electron chi connectivity index (χ0n) is 12.7. The summed E-state index contributed by atoms with van der Waals surface area (Å²) in [5.74, 6) is 2.68. The maximum absolute atomic E-state index is 5.24. The Morgan fingerprint density at radius 2 is 2.10 bits per heavy atom. The second-order valence-corrected chi connectivity index (χ2v) is 7.14. The highest BCUT2D eigenvalue weighted by atomic mass is 127. The molecule has 0 saturated carbocycles. The molecule has 1 unspecified atom stereocenters. The number of nitrogens with one attached hydrogen (secondary N) is 1. The smallest absolute Gasteiger partial charge is 0.143 e. The predicted molar refractivity (Wildman–Crippen MR) is 95.3 cm³/mol. The summed E-state index contributed by atoms with van der Waals surface area (Å²) in [6.07, 6.45) is 2.25. The quantitative estimate of drug-likeness (QED) is 0.623. The van der Waals surface area contributed by atoms with E-state index in [2.05, 4.69) is 58.6 Å². The lowest BCUT2D eigenvalue weighted by Crippen LogP contribution is -2.11. The van der Waals surface area contributed by atoms with Crippen molar-refractivity contribution in [2.75, 3.05) is 19.0 Å². The molecule has 0 fully saturated rings. The van der Waals surface area contributed by atoms with E-state index in [0.717, 1.165) is 39.6 Å². The van der Waals surface area contributed by atoms with Crippen LogP contribution in [0.3, 0.4) is 0 Å². The minimum atomic E-state index is 0.530. The highest BCUT2D eigenvalue weighted by Gasteiger charge is 2.12. The maximum Gasteiger partial charge on any atom is 0.143 e. The molecule has 0 aliphatic rings. The van der Waals surface area contributed by atoms with Gasteiger partial charge in [0, 0.05) is 18.9 Å². The van der Waals surface area contributed by atoms with E-state index in [1.165, 1.54) is 6.42 Å². The van der Waals surface area contributed by atoms with Gasteiger partial charge >= 0.3 is 0 Å². The number of rotatable bonds is 9. The monoisotopic (exact) mass is 409 g/mol. The predicted octanol–water partition coefficient (Wildman–Crippen LogP) is 4.08. The lowest BCUT2D eigenvalue weighted by molar-refractivity contribution is 0.180. The van der Waals surface area contributed by atoms with Crippen molar-refractivity contribution in [3.05, 3.63) is 15.1 Å². The largest absolute Gasteiger partial charge is 0.378 e. The van der Waals surface area contributed by atoms with Gasteiger partial charge in [-0.3, -0.25) is 0 Å². The van der Waals surface area contributed by atoms with Gasteiger partial charge in [0.1, 0.15) is 11.6 Å². The van der Waals surface area contributed by atoms with E-state index >= 15 is 0 Å². The van der Waals surface area contributed by atoms with Gasteiger partial charge in [-0.05, 0) is 35.4 Å². The normalized spacial score (nSPS) is 12.4. The fraction of sp³-hybridized carbons (Fsp3) is 0.714. The second-order valence-electron chi connectivity index (χ2n) is 4.64. The van der Waals surface area contributed by atoms with E-state index in [0.29, 0.717) is 11.9 Å². The van der Waals surface area contributed by atoms with Gasteiger partial charge < -0.3 is 10.1 Å². The number of hydrogen-bond acceptors (Lipinski definition) is 5. The molecule has 0 aliphatic heterocycles. The van der Waals surface area contributed by atoms with Crippen LogP contribution in [0.25, 0.3) is 0 Å². The molecule has 6 heteroatoms. The molecule has 1 aromatic rings. The van der Waals surface area contributed by atoms with Crippen molar-refractivity contribution in [1.29, 1.82) is 0 Å².